The maximum Gasteiger partial charge on any atom is 0.129 e. The van der Waals surface area contributed by atoms with Gasteiger partial charge >= 0.3 is 0 Å². The second-order valence-electron chi connectivity index (χ2n) is 4.17. The Kier molecular flexibility index (Phi) is 4.50. The highest BCUT2D eigenvalue weighted by atomic mass is 16.5. The van der Waals surface area contributed by atoms with Crippen LogP contribution >= 0.6 is 0 Å². The lowest BCUT2D eigenvalue weighted by atomic mass is 10.1. The fourth-order valence-corrected chi connectivity index (χ4v) is 1.83. The minimum Gasteiger partial charge on any atom is -0.378 e. The van der Waals surface area contributed by atoms with Crippen LogP contribution in [0.4, 0.5) is 5.82 Å². The van der Waals surface area contributed by atoms with Gasteiger partial charge in [-0.2, -0.15) is 0 Å². The number of anilines is 1. The number of hydrogen-bond donors (Lipinski definition) is 2. The maximum atomic E-state index is 5.35. The lowest BCUT2D eigenvalue weighted by Crippen LogP contribution is -2.15. The van der Waals surface area contributed by atoms with Crippen LogP contribution in [0.5, 0.6) is 0 Å². The minimum absolute atomic E-state index is 0.563. The van der Waals surface area contributed by atoms with Gasteiger partial charge in [-0.05, 0) is 24.6 Å². The van der Waals surface area contributed by atoms with E-state index in [-0.39, 0.29) is 0 Å². The molecule has 0 spiro atoms. The van der Waals surface area contributed by atoms with E-state index in [9.17, 15) is 0 Å². The Hall–Kier alpha value is -1.65. The first-order valence-corrected chi connectivity index (χ1v) is 6.19. The van der Waals surface area contributed by atoms with Crippen LogP contribution in [0.25, 0.3) is 10.9 Å². The largest absolute Gasteiger partial charge is 0.378 e. The molecule has 18 heavy (non-hydrogen) atoms. The van der Waals surface area contributed by atoms with E-state index in [1.165, 1.54) is 5.39 Å². The molecule has 0 radical (unpaired) electrons. The van der Waals surface area contributed by atoms with Gasteiger partial charge in [-0.3, -0.25) is 0 Å². The highest BCUT2D eigenvalue weighted by molar-refractivity contribution is 5.81. The summed E-state index contributed by atoms with van der Waals surface area (Å²) in [5, 5.41) is 4.45. The Morgan fingerprint density at radius 1 is 1.28 bits per heavy atom. The molecule has 0 aliphatic heterocycles. The number of hydrogen-bond acceptors (Lipinski definition) is 4. The quantitative estimate of drug-likeness (QED) is 0.763. The molecular formula is C14H19N3O. The normalized spacial score (nSPS) is 10.8. The second kappa shape index (κ2) is 6.33. The zero-order valence-corrected chi connectivity index (χ0v) is 10.6. The molecular weight excluding hydrogens is 226 g/mol. The van der Waals surface area contributed by atoms with Gasteiger partial charge in [0.05, 0.1) is 18.7 Å². The summed E-state index contributed by atoms with van der Waals surface area (Å²) in [4.78, 5) is 4.60. The summed E-state index contributed by atoms with van der Waals surface area (Å²) in [5.74, 6) is 0.921. The topological polar surface area (TPSA) is 60.2 Å². The van der Waals surface area contributed by atoms with Crippen LogP contribution in [0.3, 0.4) is 0 Å². The van der Waals surface area contributed by atoms with Crippen LogP contribution in [0.2, 0.25) is 0 Å². The first-order chi connectivity index (χ1) is 8.81. The van der Waals surface area contributed by atoms with Crippen molar-refractivity contribution < 1.29 is 4.74 Å². The van der Waals surface area contributed by atoms with Crippen LogP contribution < -0.4 is 11.1 Å². The van der Waals surface area contributed by atoms with Crippen LogP contribution in [-0.4, -0.2) is 31.3 Å². The zero-order chi connectivity index (χ0) is 12.8. The minimum atomic E-state index is 0.563. The van der Waals surface area contributed by atoms with Gasteiger partial charge < -0.3 is 15.8 Å². The van der Waals surface area contributed by atoms with E-state index >= 15 is 0 Å². The molecule has 4 nitrogen and oxygen atoms in total. The Balaban J connectivity index is 2.01. The average molecular weight is 245 g/mol. The molecule has 2 aromatic rings. The van der Waals surface area contributed by atoms with Crippen LogP contribution in [-0.2, 0) is 4.74 Å². The molecule has 0 aliphatic rings. The number of fused-ring (bicyclic) bond motifs is 1. The van der Waals surface area contributed by atoms with E-state index in [2.05, 4.69) is 29.4 Å². The number of pyridine rings is 1. The Bertz CT molecular complexity index is 513. The molecule has 1 aromatic heterocycles. The number of benzene rings is 1. The molecule has 2 rings (SSSR count). The molecule has 0 bridgehead atoms. The van der Waals surface area contributed by atoms with Crippen molar-refractivity contribution in [3.8, 4) is 0 Å². The molecule has 1 aromatic carbocycles. The maximum absolute atomic E-state index is 5.35. The van der Waals surface area contributed by atoms with Gasteiger partial charge in [-0.1, -0.05) is 18.2 Å². The molecule has 0 fully saturated rings. The lowest BCUT2D eigenvalue weighted by Gasteiger charge is -2.10. The summed E-state index contributed by atoms with van der Waals surface area (Å²) in [7, 11) is 0. The molecule has 0 amide bonds. The number of nitrogens with two attached hydrogens (primary N) is 1. The number of aromatic nitrogens is 1. The van der Waals surface area contributed by atoms with E-state index in [1.54, 1.807) is 0 Å². The number of aryl methyl sites for hydroxylation is 1. The SMILES string of the molecule is Cc1cc2ccccc2nc1NCCOCCN. The van der Waals surface area contributed by atoms with Crippen molar-refractivity contribution in [2.75, 3.05) is 31.6 Å². The summed E-state index contributed by atoms with van der Waals surface area (Å²) in [6.45, 7) is 4.61. The molecule has 0 unspecified atom stereocenters. The number of rotatable bonds is 6. The highest BCUT2D eigenvalue weighted by Crippen LogP contribution is 2.19. The molecule has 96 valence electrons. The van der Waals surface area contributed by atoms with Gasteiger partial charge in [0, 0.05) is 18.5 Å². The van der Waals surface area contributed by atoms with Crippen molar-refractivity contribution >= 4 is 16.7 Å². The van der Waals surface area contributed by atoms with Gasteiger partial charge in [0.15, 0.2) is 0 Å². The Morgan fingerprint density at radius 2 is 2.11 bits per heavy atom. The molecule has 0 aliphatic carbocycles. The van der Waals surface area contributed by atoms with E-state index in [0.717, 1.165) is 23.4 Å². The molecule has 0 saturated heterocycles. The summed E-state index contributed by atoms with van der Waals surface area (Å²) < 4.78 is 5.32. The third-order valence-electron chi connectivity index (χ3n) is 2.72. The summed E-state index contributed by atoms with van der Waals surface area (Å²) in [6, 6.07) is 10.3. The smallest absolute Gasteiger partial charge is 0.129 e. The summed E-state index contributed by atoms with van der Waals surface area (Å²) in [5.41, 5.74) is 7.50. The molecule has 3 N–H and O–H groups in total. The van der Waals surface area contributed by atoms with E-state index in [1.807, 2.05) is 18.2 Å². The monoisotopic (exact) mass is 245 g/mol. The fourth-order valence-electron chi connectivity index (χ4n) is 1.83. The first kappa shape index (κ1) is 12.8. The van der Waals surface area contributed by atoms with Crippen molar-refractivity contribution in [3.05, 3.63) is 35.9 Å². The van der Waals surface area contributed by atoms with Crippen molar-refractivity contribution in [2.24, 2.45) is 5.73 Å². The number of para-hydroxylation sites is 1. The average Bonchev–Trinajstić information content (AvgIpc) is 2.39. The van der Waals surface area contributed by atoms with Crippen molar-refractivity contribution in [1.29, 1.82) is 0 Å². The zero-order valence-electron chi connectivity index (χ0n) is 10.6. The van der Waals surface area contributed by atoms with Crippen molar-refractivity contribution in [3.63, 3.8) is 0 Å². The summed E-state index contributed by atoms with van der Waals surface area (Å²) >= 11 is 0. The van der Waals surface area contributed by atoms with Crippen molar-refractivity contribution in [2.45, 2.75) is 6.92 Å². The molecule has 1 heterocycles. The third-order valence-corrected chi connectivity index (χ3v) is 2.72. The second-order valence-corrected chi connectivity index (χ2v) is 4.17. The third kappa shape index (κ3) is 3.18. The van der Waals surface area contributed by atoms with Gasteiger partial charge in [0.1, 0.15) is 5.82 Å². The van der Waals surface area contributed by atoms with Crippen molar-refractivity contribution in [1.82, 2.24) is 4.98 Å². The van der Waals surface area contributed by atoms with E-state index in [4.69, 9.17) is 10.5 Å². The first-order valence-electron chi connectivity index (χ1n) is 6.19. The van der Waals surface area contributed by atoms with Crippen LogP contribution in [0, 0.1) is 6.92 Å². The standard InChI is InChI=1S/C14H19N3O/c1-11-10-12-4-2-3-5-13(12)17-14(11)16-7-9-18-8-6-15/h2-5,10H,6-9,15H2,1H3,(H,16,17). The van der Waals surface area contributed by atoms with Gasteiger partial charge in [0.2, 0.25) is 0 Å². The number of ether oxygens (including phenoxy) is 1. The molecule has 4 heteroatoms. The molecule has 0 saturated carbocycles. The van der Waals surface area contributed by atoms with E-state index < -0.39 is 0 Å². The molecule has 0 atom stereocenters. The van der Waals surface area contributed by atoms with Gasteiger partial charge in [0.25, 0.3) is 0 Å². The van der Waals surface area contributed by atoms with Crippen LogP contribution in [0.1, 0.15) is 5.56 Å². The predicted octanol–water partition coefficient (Wildman–Crippen LogP) is 1.93. The number of nitrogens with zero attached hydrogens (tertiary/aromatic N) is 1. The van der Waals surface area contributed by atoms with Gasteiger partial charge in [-0.25, -0.2) is 4.98 Å². The Morgan fingerprint density at radius 3 is 2.94 bits per heavy atom. The summed E-state index contributed by atoms with van der Waals surface area (Å²) in [6.07, 6.45) is 0. The Labute approximate surface area is 107 Å². The van der Waals surface area contributed by atoms with Gasteiger partial charge in [-0.15, -0.1) is 0 Å². The highest BCUT2D eigenvalue weighted by Gasteiger charge is 2.02. The number of nitrogens with one attached hydrogen (secondary N) is 1. The van der Waals surface area contributed by atoms with E-state index in [0.29, 0.717) is 19.8 Å². The predicted molar refractivity (Wildman–Crippen MR) is 74.8 cm³/mol. The lowest BCUT2D eigenvalue weighted by molar-refractivity contribution is 0.151. The fraction of sp³-hybridized carbons (Fsp3) is 0.357. The van der Waals surface area contributed by atoms with Crippen LogP contribution in [0.15, 0.2) is 30.3 Å².